The number of hydrogen-bond donors (Lipinski definition) is 2. The van der Waals surface area contributed by atoms with Crippen molar-refractivity contribution in [1.29, 1.82) is 0 Å². The van der Waals surface area contributed by atoms with Gasteiger partial charge in [-0.1, -0.05) is 0 Å². The highest BCUT2D eigenvalue weighted by atomic mass is 16.4. The highest BCUT2D eigenvalue weighted by Crippen LogP contribution is 2.29. The molecular weight excluding hydrogens is 206 g/mol. The van der Waals surface area contributed by atoms with Gasteiger partial charge in [-0.25, -0.2) is 9.78 Å². The molecule has 2 rings (SSSR count). The van der Waals surface area contributed by atoms with Crippen molar-refractivity contribution in [3.8, 4) is 0 Å². The lowest BCUT2D eigenvalue weighted by Gasteiger charge is -2.00. The topological polar surface area (TPSA) is 81.1 Å². The normalized spacial score (nSPS) is 10.9. The smallest absolute Gasteiger partial charge is 0.354 e. The van der Waals surface area contributed by atoms with Gasteiger partial charge in [-0.2, -0.15) is 0 Å². The lowest BCUT2D eigenvalue weighted by molar-refractivity contribution is 0.0688. The number of carboxylic acids is 1. The fourth-order valence-corrected chi connectivity index (χ4v) is 2.06. The van der Waals surface area contributed by atoms with Gasteiger partial charge in [0.25, 0.3) is 0 Å². The molecule has 0 aliphatic rings. The minimum Gasteiger partial charge on any atom is -0.477 e. The second-order valence-corrected chi connectivity index (χ2v) is 3.91. The molecule has 3 N–H and O–H groups in total. The molecule has 0 saturated heterocycles. The van der Waals surface area contributed by atoms with Crippen LogP contribution in [0.15, 0.2) is 6.07 Å². The predicted molar refractivity (Wildman–Crippen MR) is 61.6 cm³/mol. The molecule has 2 aromatic rings. The first-order valence-electron chi connectivity index (χ1n) is 4.89. The Bertz CT molecular complexity index is 599. The summed E-state index contributed by atoms with van der Waals surface area (Å²) in [7, 11) is 1.66. The molecule has 0 unspecified atom stereocenters. The summed E-state index contributed by atoms with van der Waals surface area (Å²) in [4.78, 5) is 15.4. The van der Waals surface area contributed by atoms with E-state index in [9.17, 15) is 4.79 Å². The van der Waals surface area contributed by atoms with Crippen molar-refractivity contribution in [2.75, 3.05) is 5.73 Å². The molecule has 0 aliphatic carbocycles. The van der Waals surface area contributed by atoms with Crippen LogP contribution in [0.5, 0.6) is 0 Å². The average Bonchev–Trinajstić information content (AvgIpc) is 2.38. The number of carbonyl (C=O) groups is 1. The first-order valence-corrected chi connectivity index (χ1v) is 4.89. The zero-order valence-electron chi connectivity index (χ0n) is 9.40. The Hall–Kier alpha value is -2.04. The zero-order chi connectivity index (χ0) is 12.0. The largest absolute Gasteiger partial charge is 0.477 e. The molecule has 0 atom stereocenters. The van der Waals surface area contributed by atoms with Crippen LogP contribution < -0.4 is 5.73 Å². The highest BCUT2D eigenvalue weighted by Gasteiger charge is 2.20. The molecule has 84 valence electrons. The summed E-state index contributed by atoms with van der Waals surface area (Å²) in [6.07, 6.45) is 0. The second kappa shape index (κ2) is 3.23. The number of rotatable bonds is 1. The molecule has 0 bridgehead atoms. The van der Waals surface area contributed by atoms with E-state index in [0.717, 1.165) is 16.6 Å². The second-order valence-electron chi connectivity index (χ2n) is 3.91. The van der Waals surface area contributed by atoms with Crippen LogP contribution in [0, 0.1) is 13.8 Å². The number of nitrogen functional groups attached to an aromatic ring is 1. The average molecular weight is 219 g/mol. The molecule has 0 aromatic carbocycles. The molecule has 0 spiro atoms. The molecule has 16 heavy (non-hydrogen) atoms. The monoisotopic (exact) mass is 219 g/mol. The van der Waals surface area contributed by atoms with Crippen molar-refractivity contribution >= 4 is 22.7 Å². The Balaban J connectivity index is 2.99. The molecule has 5 heteroatoms. The Morgan fingerprint density at radius 3 is 2.69 bits per heavy atom. The minimum atomic E-state index is -1.03. The molecule has 0 fully saturated rings. The van der Waals surface area contributed by atoms with Gasteiger partial charge >= 0.3 is 5.97 Å². The van der Waals surface area contributed by atoms with Gasteiger partial charge in [-0.3, -0.25) is 0 Å². The number of anilines is 1. The van der Waals surface area contributed by atoms with Crippen molar-refractivity contribution in [2.45, 2.75) is 13.8 Å². The lowest BCUT2D eigenvalue weighted by atomic mass is 10.1. The number of aromatic nitrogens is 2. The van der Waals surface area contributed by atoms with Crippen LogP contribution in [-0.2, 0) is 7.05 Å². The third-order valence-electron chi connectivity index (χ3n) is 2.71. The van der Waals surface area contributed by atoms with Gasteiger partial charge in [0.2, 0.25) is 0 Å². The molecular formula is C11H13N3O2. The number of nitrogens with two attached hydrogens (primary N) is 1. The maximum atomic E-state index is 11.1. The standard InChI is InChI=1S/C11H13N3O2/c1-5-4-6(2)13-10-7(5)8(12)9(11(15)16)14(10)3/h4H,12H2,1-3H3,(H,15,16). The number of pyridine rings is 1. The first-order chi connectivity index (χ1) is 7.43. The molecule has 0 saturated carbocycles. The van der Waals surface area contributed by atoms with E-state index in [0.29, 0.717) is 5.65 Å². The lowest BCUT2D eigenvalue weighted by Crippen LogP contribution is -2.07. The summed E-state index contributed by atoms with van der Waals surface area (Å²) in [5.41, 5.74) is 8.65. The number of aryl methyl sites for hydroxylation is 3. The SMILES string of the molecule is Cc1cc(C)c2c(N)c(C(=O)O)n(C)c2n1. The fourth-order valence-electron chi connectivity index (χ4n) is 2.06. The van der Waals surface area contributed by atoms with E-state index in [4.69, 9.17) is 10.8 Å². The van der Waals surface area contributed by atoms with Gasteiger partial charge < -0.3 is 15.4 Å². The molecule has 2 aromatic heterocycles. The number of carboxylic acid groups (broad SMARTS) is 1. The van der Waals surface area contributed by atoms with E-state index in [-0.39, 0.29) is 11.4 Å². The Kier molecular flexibility index (Phi) is 2.11. The van der Waals surface area contributed by atoms with Crippen LogP contribution in [0.25, 0.3) is 11.0 Å². The van der Waals surface area contributed by atoms with Gasteiger partial charge in [0.05, 0.1) is 5.69 Å². The summed E-state index contributed by atoms with van der Waals surface area (Å²) >= 11 is 0. The zero-order valence-corrected chi connectivity index (χ0v) is 9.40. The van der Waals surface area contributed by atoms with E-state index >= 15 is 0 Å². The van der Waals surface area contributed by atoms with E-state index in [1.807, 2.05) is 19.9 Å². The number of hydrogen-bond acceptors (Lipinski definition) is 3. The molecule has 2 heterocycles. The Labute approximate surface area is 92.5 Å². The van der Waals surface area contributed by atoms with Gasteiger partial charge in [0, 0.05) is 18.1 Å². The quantitative estimate of drug-likeness (QED) is 0.761. The summed E-state index contributed by atoms with van der Waals surface area (Å²) in [5, 5.41) is 9.81. The van der Waals surface area contributed by atoms with Crippen LogP contribution in [-0.4, -0.2) is 20.6 Å². The summed E-state index contributed by atoms with van der Waals surface area (Å²) < 4.78 is 1.52. The van der Waals surface area contributed by atoms with E-state index in [1.165, 1.54) is 4.57 Å². The third-order valence-corrected chi connectivity index (χ3v) is 2.71. The van der Waals surface area contributed by atoms with Crippen molar-refractivity contribution < 1.29 is 9.90 Å². The van der Waals surface area contributed by atoms with E-state index in [2.05, 4.69) is 4.98 Å². The van der Waals surface area contributed by atoms with Crippen molar-refractivity contribution in [3.05, 3.63) is 23.0 Å². The maximum Gasteiger partial charge on any atom is 0.354 e. The van der Waals surface area contributed by atoms with Gasteiger partial charge in [0.1, 0.15) is 5.65 Å². The van der Waals surface area contributed by atoms with E-state index in [1.54, 1.807) is 7.05 Å². The van der Waals surface area contributed by atoms with Crippen molar-refractivity contribution in [2.24, 2.45) is 7.05 Å². The third kappa shape index (κ3) is 1.25. The van der Waals surface area contributed by atoms with Crippen LogP contribution in [0.1, 0.15) is 21.7 Å². The Morgan fingerprint density at radius 1 is 1.50 bits per heavy atom. The van der Waals surface area contributed by atoms with Gasteiger partial charge in [0.15, 0.2) is 5.69 Å². The predicted octanol–water partition coefficient (Wildman–Crippen LogP) is 1.47. The minimum absolute atomic E-state index is 0.0937. The summed E-state index contributed by atoms with van der Waals surface area (Å²) in [6.45, 7) is 3.77. The Morgan fingerprint density at radius 2 is 2.12 bits per heavy atom. The number of aromatic carboxylic acids is 1. The molecule has 0 aliphatic heterocycles. The number of nitrogens with zero attached hydrogens (tertiary/aromatic N) is 2. The van der Waals surface area contributed by atoms with Crippen LogP contribution in [0.3, 0.4) is 0 Å². The fraction of sp³-hybridized carbons (Fsp3) is 0.273. The molecule has 5 nitrogen and oxygen atoms in total. The molecule has 0 amide bonds. The van der Waals surface area contributed by atoms with Crippen LogP contribution in [0.2, 0.25) is 0 Å². The van der Waals surface area contributed by atoms with Gasteiger partial charge in [-0.15, -0.1) is 0 Å². The summed E-state index contributed by atoms with van der Waals surface area (Å²) in [5.74, 6) is -1.03. The highest BCUT2D eigenvalue weighted by molar-refractivity contribution is 6.05. The van der Waals surface area contributed by atoms with Crippen molar-refractivity contribution in [3.63, 3.8) is 0 Å². The number of fused-ring (bicyclic) bond motifs is 1. The van der Waals surface area contributed by atoms with E-state index < -0.39 is 5.97 Å². The first kappa shape index (κ1) is 10.5. The van der Waals surface area contributed by atoms with Gasteiger partial charge in [-0.05, 0) is 25.5 Å². The van der Waals surface area contributed by atoms with Crippen molar-refractivity contribution in [1.82, 2.24) is 9.55 Å². The summed E-state index contributed by atoms with van der Waals surface area (Å²) in [6, 6.07) is 1.89. The van der Waals surface area contributed by atoms with Crippen LogP contribution in [0.4, 0.5) is 5.69 Å². The maximum absolute atomic E-state index is 11.1. The van der Waals surface area contributed by atoms with Crippen LogP contribution >= 0.6 is 0 Å². The molecule has 0 radical (unpaired) electrons.